The quantitative estimate of drug-likeness (QED) is 0.660. The summed E-state index contributed by atoms with van der Waals surface area (Å²) in [4.78, 5) is 31.2. The van der Waals surface area contributed by atoms with Gasteiger partial charge in [-0.25, -0.2) is 4.98 Å². The number of amides is 2. The third-order valence-corrected chi connectivity index (χ3v) is 5.79. The summed E-state index contributed by atoms with van der Waals surface area (Å²) in [6.07, 6.45) is 5.51. The second-order valence-electron chi connectivity index (χ2n) is 9.54. The van der Waals surface area contributed by atoms with E-state index in [1.54, 1.807) is 7.11 Å². The Kier molecular flexibility index (Phi) is 8.13. The molecule has 0 spiro atoms. The number of carbonyl (C=O) groups excluding carboxylic acids is 2. The molecule has 8 nitrogen and oxygen atoms in total. The third kappa shape index (κ3) is 7.05. The summed E-state index contributed by atoms with van der Waals surface area (Å²) in [5.74, 6) is 1.85. The molecule has 1 aliphatic rings. The Bertz CT molecular complexity index is 925. The summed E-state index contributed by atoms with van der Waals surface area (Å²) >= 11 is 0. The number of nitrogens with one attached hydrogen (secondary N) is 1. The number of nitrogens with zero attached hydrogens (tertiary/aromatic N) is 3. The Balaban J connectivity index is 1.60. The summed E-state index contributed by atoms with van der Waals surface area (Å²) in [6, 6.07) is 7.38. The van der Waals surface area contributed by atoms with Crippen LogP contribution >= 0.6 is 0 Å². The monoisotopic (exact) mass is 456 g/mol. The molecule has 1 saturated heterocycles. The minimum absolute atomic E-state index is 0.0884. The smallest absolute Gasteiger partial charge is 0.247 e. The Hall–Kier alpha value is -2.87. The van der Waals surface area contributed by atoms with Crippen molar-refractivity contribution in [2.45, 2.75) is 64.6 Å². The number of ether oxygens (including phenoxy) is 2. The van der Waals surface area contributed by atoms with E-state index in [1.807, 2.05) is 50.2 Å². The van der Waals surface area contributed by atoms with Crippen LogP contribution in [0.15, 0.2) is 36.7 Å². The van der Waals surface area contributed by atoms with Crippen molar-refractivity contribution in [1.29, 1.82) is 0 Å². The van der Waals surface area contributed by atoms with Crippen molar-refractivity contribution in [2.24, 2.45) is 0 Å². The van der Waals surface area contributed by atoms with Gasteiger partial charge in [0.1, 0.15) is 17.6 Å². The molecule has 1 atom stereocenters. The van der Waals surface area contributed by atoms with Gasteiger partial charge in [0, 0.05) is 44.9 Å². The van der Waals surface area contributed by atoms with Crippen molar-refractivity contribution < 1.29 is 19.1 Å². The highest BCUT2D eigenvalue weighted by Crippen LogP contribution is 2.28. The number of methoxy groups -OCH3 is 1. The first-order valence-corrected chi connectivity index (χ1v) is 11.5. The summed E-state index contributed by atoms with van der Waals surface area (Å²) in [5.41, 5.74) is 0.796. The molecule has 1 N–H and O–H groups in total. The van der Waals surface area contributed by atoms with Gasteiger partial charge in [0.05, 0.1) is 19.3 Å². The van der Waals surface area contributed by atoms with Crippen molar-refractivity contribution >= 4 is 11.8 Å². The van der Waals surface area contributed by atoms with Gasteiger partial charge in [0.25, 0.3) is 0 Å². The van der Waals surface area contributed by atoms with Gasteiger partial charge in [-0.3, -0.25) is 9.59 Å². The van der Waals surface area contributed by atoms with E-state index in [-0.39, 0.29) is 29.9 Å². The average molecular weight is 457 g/mol. The molecule has 1 unspecified atom stereocenters. The molecular formula is C25H36N4O4. The van der Waals surface area contributed by atoms with Gasteiger partial charge in [-0.2, -0.15) is 0 Å². The fraction of sp³-hybridized carbons (Fsp3) is 0.560. The van der Waals surface area contributed by atoms with E-state index in [0.717, 1.165) is 31.0 Å². The van der Waals surface area contributed by atoms with Gasteiger partial charge in [-0.05, 0) is 51.3 Å². The van der Waals surface area contributed by atoms with Crippen LogP contribution in [0.1, 0.15) is 57.8 Å². The average Bonchev–Trinajstić information content (AvgIpc) is 3.24. The lowest BCUT2D eigenvalue weighted by Crippen LogP contribution is -2.53. The Morgan fingerprint density at radius 1 is 1.18 bits per heavy atom. The molecule has 8 heteroatoms. The molecule has 0 radical (unpaired) electrons. The molecule has 2 heterocycles. The molecule has 1 aliphatic heterocycles. The SMILES string of the molecule is COc1ccc(Cn2ccnc2C2CCN(C(=O)C(COC(C)(C)C)NC(C)=O)CC2)cc1. The molecule has 1 fully saturated rings. The second-order valence-corrected chi connectivity index (χ2v) is 9.54. The molecule has 0 aliphatic carbocycles. The van der Waals surface area contributed by atoms with E-state index in [4.69, 9.17) is 9.47 Å². The lowest BCUT2D eigenvalue weighted by Gasteiger charge is -2.35. The Morgan fingerprint density at radius 3 is 2.42 bits per heavy atom. The van der Waals surface area contributed by atoms with Gasteiger partial charge >= 0.3 is 0 Å². The standard InChI is InChI=1S/C25H36N4O4/c1-18(30)27-22(17-33-25(2,3)4)24(31)28-13-10-20(11-14-28)23-26-12-15-29(23)16-19-6-8-21(32-5)9-7-19/h6-9,12,15,20,22H,10-11,13-14,16-17H2,1-5H3,(H,27,30). The molecule has 180 valence electrons. The number of benzene rings is 1. The molecule has 3 rings (SSSR count). The van der Waals surface area contributed by atoms with Gasteiger partial charge in [-0.15, -0.1) is 0 Å². The predicted molar refractivity (Wildman–Crippen MR) is 126 cm³/mol. The van der Waals surface area contributed by atoms with Crippen LogP contribution in [-0.4, -0.2) is 64.7 Å². The number of piperidine rings is 1. The highest BCUT2D eigenvalue weighted by molar-refractivity contribution is 5.87. The van der Waals surface area contributed by atoms with E-state index in [9.17, 15) is 9.59 Å². The maximum absolute atomic E-state index is 13.1. The lowest BCUT2D eigenvalue weighted by atomic mass is 9.95. The summed E-state index contributed by atoms with van der Waals surface area (Å²) in [5, 5.41) is 2.75. The number of carbonyl (C=O) groups is 2. The van der Waals surface area contributed by atoms with Gasteiger partial charge in [-0.1, -0.05) is 12.1 Å². The van der Waals surface area contributed by atoms with Crippen molar-refractivity contribution in [1.82, 2.24) is 19.8 Å². The van der Waals surface area contributed by atoms with Crippen LogP contribution in [0, 0.1) is 0 Å². The fourth-order valence-electron chi connectivity index (χ4n) is 4.07. The van der Waals surface area contributed by atoms with Crippen LogP contribution in [0.3, 0.4) is 0 Å². The van der Waals surface area contributed by atoms with E-state index in [2.05, 4.69) is 27.0 Å². The largest absolute Gasteiger partial charge is 0.497 e. The van der Waals surface area contributed by atoms with Gasteiger partial charge in [0.2, 0.25) is 11.8 Å². The van der Waals surface area contributed by atoms with E-state index < -0.39 is 6.04 Å². The first-order valence-electron chi connectivity index (χ1n) is 11.5. The Morgan fingerprint density at radius 2 is 1.85 bits per heavy atom. The van der Waals surface area contributed by atoms with Crippen LogP contribution in [0.25, 0.3) is 0 Å². The fourth-order valence-corrected chi connectivity index (χ4v) is 4.07. The third-order valence-electron chi connectivity index (χ3n) is 5.79. The molecule has 1 aromatic carbocycles. The zero-order valence-corrected chi connectivity index (χ0v) is 20.3. The van der Waals surface area contributed by atoms with Crippen LogP contribution in [0.4, 0.5) is 0 Å². The van der Waals surface area contributed by atoms with Crippen LogP contribution in [-0.2, 0) is 20.9 Å². The van der Waals surface area contributed by atoms with Gasteiger partial charge in [0.15, 0.2) is 0 Å². The summed E-state index contributed by atoms with van der Waals surface area (Å²) < 4.78 is 13.2. The summed E-state index contributed by atoms with van der Waals surface area (Å²) in [7, 11) is 1.66. The molecule has 2 amide bonds. The normalized spacial score (nSPS) is 15.8. The number of hydrogen-bond donors (Lipinski definition) is 1. The zero-order chi connectivity index (χ0) is 24.0. The topological polar surface area (TPSA) is 85.7 Å². The molecule has 0 bridgehead atoms. The van der Waals surface area contributed by atoms with E-state index >= 15 is 0 Å². The molecule has 1 aromatic heterocycles. The molecule has 0 saturated carbocycles. The first-order chi connectivity index (χ1) is 15.7. The van der Waals surface area contributed by atoms with E-state index in [0.29, 0.717) is 13.1 Å². The summed E-state index contributed by atoms with van der Waals surface area (Å²) in [6.45, 7) is 9.38. The Labute approximate surface area is 196 Å². The van der Waals surface area contributed by atoms with Crippen molar-refractivity contribution in [3.8, 4) is 5.75 Å². The molecular weight excluding hydrogens is 420 g/mol. The lowest BCUT2D eigenvalue weighted by molar-refractivity contribution is -0.140. The first kappa shape index (κ1) is 24.8. The van der Waals surface area contributed by atoms with Crippen molar-refractivity contribution in [3.63, 3.8) is 0 Å². The highest BCUT2D eigenvalue weighted by Gasteiger charge is 2.31. The maximum atomic E-state index is 13.1. The van der Waals surface area contributed by atoms with Crippen LogP contribution in [0.2, 0.25) is 0 Å². The zero-order valence-electron chi connectivity index (χ0n) is 20.3. The minimum Gasteiger partial charge on any atom is -0.497 e. The number of hydrogen-bond acceptors (Lipinski definition) is 5. The maximum Gasteiger partial charge on any atom is 0.247 e. The number of aromatic nitrogens is 2. The van der Waals surface area contributed by atoms with Crippen molar-refractivity contribution in [2.75, 3.05) is 26.8 Å². The number of imidazole rings is 1. The van der Waals surface area contributed by atoms with Crippen molar-refractivity contribution in [3.05, 3.63) is 48.0 Å². The van der Waals surface area contributed by atoms with Gasteiger partial charge < -0.3 is 24.3 Å². The number of rotatable bonds is 8. The highest BCUT2D eigenvalue weighted by atomic mass is 16.5. The molecule has 33 heavy (non-hydrogen) atoms. The predicted octanol–water partition coefficient (Wildman–Crippen LogP) is 2.97. The number of likely N-dealkylation sites (tertiary alicyclic amines) is 1. The second kappa shape index (κ2) is 10.8. The minimum atomic E-state index is -0.671. The van der Waals surface area contributed by atoms with Crippen LogP contribution in [0.5, 0.6) is 5.75 Å². The van der Waals surface area contributed by atoms with E-state index in [1.165, 1.54) is 12.5 Å². The molecule has 2 aromatic rings. The van der Waals surface area contributed by atoms with Crippen LogP contribution < -0.4 is 10.1 Å².